The van der Waals surface area contributed by atoms with Gasteiger partial charge in [0.1, 0.15) is 5.52 Å². The predicted molar refractivity (Wildman–Crippen MR) is 196 cm³/mol. The van der Waals surface area contributed by atoms with Crippen LogP contribution in [0.25, 0.3) is 61.2 Å². The summed E-state index contributed by atoms with van der Waals surface area (Å²) in [5.74, 6) is 0.633. The fraction of sp³-hybridized carbons (Fsp3) is 0.0233. The highest BCUT2D eigenvalue weighted by atomic mass is 16.3. The van der Waals surface area contributed by atoms with E-state index in [0.717, 1.165) is 72.3 Å². The third-order valence-corrected chi connectivity index (χ3v) is 9.03. The zero-order valence-corrected chi connectivity index (χ0v) is 26.3. The summed E-state index contributed by atoms with van der Waals surface area (Å²) in [5.41, 5.74) is 12.8. The van der Waals surface area contributed by atoms with E-state index in [2.05, 4.69) is 154 Å². The van der Waals surface area contributed by atoms with Gasteiger partial charge in [0.15, 0.2) is 5.58 Å². The summed E-state index contributed by atoms with van der Waals surface area (Å²) < 4.78 is 8.35. The van der Waals surface area contributed by atoms with Gasteiger partial charge in [0.05, 0.1) is 11.0 Å². The lowest BCUT2D eigenvalue weighted by molar-refractivity contribution is 0.620. The number of para-hydroxylation sites is 4. The second-order valence-electron chi connectivity index (χ2n) is 12.0. The Balaban J connectivity index is 1.11. The molecule has 0 aliphatic rings. The first-order chi connectivity index (χ1) is 23.7. The van der Waals surface area contributed by atoms with Gasteiger partial charge < -0.3 is 13.9 Å². The second-order valence-corrected chi connectivity index (χ2v) is 12.0. The molecule has 0 unspecified atom stereocenters. The third kappa shape index (κ3) is 4.72. The third-order valence-electron chi connectivity index (χ3n) is 9.03. The molecule has 3 aromatic heterocycles. The summed E-state index contributed by atoms with van der Waals surface area (Å²) in [6.07, 6.45) is 3.86. The number of hydrogen-bond acceptors (Lipinski definition) is 4. The Morgan fingerprint density at radius 1 is 0.562 bits per heavy atom. The average molecular weight is 619 g/mol. The molecule has 0 radical (unpaired) electrons. The molecule has 0 aliphatic carbocycles. The molecular formula is C43H30N4O. The largest absolute Gasteiger partial charge is 0.436 e. The van der Waals surface area contributed by atoms with E-state index in [0.29, 0.717) is 5.89 Å². The molecule has 0 atom stereocenters. The van der Waals surface area contributed by atoms with Crippen molar-refractivity contribution in [3.63, 3.8) is 0 Å². The first-order valence-corrected chi connectivity index (χ1v) is 16.1. The predicted octanol–water partition coefficient (Wildman–Crippen LogP) is 11.4. The van der Waals surface area contributed by atoms with Crippen LogP contribution >= 0.6 is 0 Å². The lowest BCUT2D eigenvalue weighted by Crippen LogP contribution is -2.09. The maximum atomic E-state index is 5.99. The smallest absolute Gasteiger partial charge is 0.227 e. The Morgan fingerprint density at radius 3 is 1.96 bits per heavy atom. The van der Waals surface area contributed by atoms with Gasteiger partial charge >= 0.3 is 0 Å². The van der Waals surface area contributed by atoms with Crippen LogP contribution in [0.5, 0.6) is 0 Å². The van der Waals surface area contributed by atoms with Crippen LogP contribution in [0, 0.1) is 6.92 Å². The number of pyridine rings is 1. The van der Waals surface area contributed by atoms with Gasteiger partial charge in [-0.25, -0.2) is 4.98 Å². The van der Waals surface area contributed by atoms with Gasteiger partial charge in [-0.15, -0.1) is 0 Å². The lowest BCUT2D eigenvalue weighted by atomic mass is 10.0. The molecule has 0 fully saturated rings. The van der Waals surface area contributed by atoms with Gasteiger partial charge in [-0.05, 0) is 109 Å². The molecular weight excluding hydrogens is 589 g/mol. The van der Waals surface area contributed by atoms with Crippen molar-refractivity contribution in [2.24, 2.45) is 0 Å². The minimum Gasteiger partial charge on any atom is -0.436 e. The van der Waals surface area contributed by atoms with E-state index in [9.17, 15) is 0 Å². The van der Waals surface area contributed by atoms with Crippen molar-refractivity contribution in [3.8, 4) is 28.3 Å². The fourth-order valence-corrected chi connectivity index (χ4v) is 6.74. The van der Waals surface area contributed by atoms with Gasteiger partial charge in [0, 0.05) is 51.5 Å². The molecule has 48 heavy (non-hydrogen) atoms. The molecule has 228 valence electrons. The highest BCUT2D eigenvalue weighted by molar-refractivity contribution is 6.10. The molecule has 5 nitrogen and oxygen atoms in total. The van der Waals surface area contributed by atoms with Gasteiger partial charge in [0.2, 0.25) is 5.89 Å². The summed E-state index contributed by atoms with van der Waals surface area (Å²) in [7, 11) is 0. The Kier molecular flexibility index (Phi) is 6.61. The minimum atomic E-state index is 0.633. The number of rotatable bonds is 6. The molecule has 0 N–H and O–H groups in total. The number of oxazole rings is 1. The van der Waals surface area contributed by atoms with Crippen LogP contribution in [0.1, 0.15) is 5.56 Å². The van der Waals surface area contributed by atoms with Crippen molar-refractivity contribution in [1.82, 2.24) is 14.5 Å². The van der Waals surface area contributed by atoms with Crippen molar-refractivity contribution in [2.45, 2.75) is 6.92 Å². The van der Waals surface area contributed by atoms with E-state index >= 15 is 0 Å². The molecule has 0 spiro atoms. The number of aryl methyl sites for hydroxylation is 1. The maximum Gasteiger partial charge on any atom is 0.227 e. The quantitative estimate of drug-likeness (QED) is 0.186. The molecule has 0 saturated heterocycles. The molecule has 6 aromatic carbocycles. The van der Waals surface area contributed by atoms with E-state index in [1.165, 1.54) is 5.56 Å². The van der Waals surface area contributed by atoms with Crippen molar-refractivity contribution < 1.29 is 4.42 Å². The molecule has 0 bridgehead atoms. The van der Waals surface area contributed by atoms with Gasteiger partial charge in [-0.2, -0.15) is 0 Å². The highest BCUT2D eigenvalue weighted by Gasteiger charge is 2.18. The number of anilines is 3. The first-order valence-electron chi connectivity index (χ1n) is 16.1. The van der Waals surface area contributed by atoms with Crippen LogP contribution in [0.2, 0.25) is 0 Å². The number of fused-ring (bicyclic) bond motifs is 4. The zero-order valence-electron chi connectivity index (χ0n) is 26.3. The van der Waals surface area contributed by atoms with Crippen molar-refractivity contribution in [3.05, 3.63) is 170 Å². The summed E-state index contributed by atoms with van der Waals surface area (Å²) in [6, 6.07) is 52.9. The summed E-state index contributed by atoms with van der Waals surface area (Å²) in [4.78, 5) is 11.5. The number of aromatic nitrogens is 3. The molecule has 0 amide bonds. The van der Waals surface area contributed by atoms with Crippen LogP contribution in [-0.4, -0.2) is 14.5 Å². The van der Waals surface area contributed by atoms with Crippen molar-refractivity contribution in [1.29, 1.82) is 0 Å². The van der Waals surface area contributed by atoms with E-state index in [1.807, 2.05) is 36.7 Å². The Hall–Kier alpha value is -6.46. The molecule has 0 saturated carbocycles. The first kappa shape index (κ1) is 27.8. The second kappa shape index (κ2) is 11.4. The number of benzene rings is 6. The normalized spacial score (nSPS) is 11.4. The van der Waals surface area contributed by atoms with Crippen LogP contribution in [0.3, 0.4) is 0 Å². The Bertz CT molecular complexity index is 2490. The molecule has 9 rings (SSSR count). The zero-order chi connectivity index (χ0) is 32.0. The van der Waals surface area contributed by atoms with Crippen molar-refractivity contribution in [2.75, 3.05) is 4.90 Å². The van der Waals surface area contributed by atoms with Crippen LogP contribution in [0.4, 0.5) is 17.1 Å². The summed E-state index contributed by atoms with van der Waals surface area (Å²) in [6.45, 7) is 2.19. The Morgan fingerprint density at radius 2 is 1.23 bits per heavy atom. The van der Waals surface area contributed by atoms with Gasteiger partial charge in [0.25, 0.3) is 0 Å². The van der Waals surface area contributed by atoms with E-state index < -0.39 is 0 Å². The number of nitrogens with zero attached hydrogens (tertiary/aromatic N) is 4. The maximum absolute atomic E-state index is 5.99. The summed E-state index contributed by atoms with van der Waals surface area (Å²) >= 11 is 0. The SMILES string of the molecule is Cc1cc(-c2ccc(-c3nc4ccccc4o3)cc2)ccc1-n1c2ccncc2c2cc(N(c3ccccc3)c3ccccc3)ccc21. The average Bonchev–Trinajstić information content (AvgIpc) is 3.72. The van der Waals surface area contributed by atoms with Crippen LogP contribution in [-0.2, 0) is 0 Å². The van der Waals surface area contributed by atoms with Crippen LogP contribution < -0.4 is 4.90 Å². The molecule has 9 aromatic rings. The van der Waals surface area contributed by atoms with E-state index in [-0.39, 0.29) is 0 Å². The van der Waals surface area contributed by atoms with Crippen molar-refractivity contribution >= 4 is 50.0 Å². The van der Waals surface area contributed by atoms with E-state index in [4.69, 9.17) is 4.42 Å². The molecule has 0 aliphatic heterocycles. The lowest BCUT2D eigenvalue weighted by Gasteiger charge is -2.25. The Labute approximate surface area is 278 Å². The highest BCUT2D eigenvalue weighted by Crippen LogP contribution is 2.40. The van der Waals surface area contributed by atoms with Gasteiger partial charge in [-0.1, -0.05) is 66.7 Å². The molecule has 3 heterocycles. The topological polar surface area (TPSA) is 47.1 Å². The standard InChI is InChI=1S/C43H30N4O/c1-29-26-32(30-16-18-31(19-17-30)43-45-38-14-8-9-15-42(38)48-43)20-22-39(29)47-40-23-21-35(27-36(40)37-28-44-25-24-41(37)47)46(33-10-4-2-5-11-33)34-12-6-3-7-13-34/h2-28H,1H3. The monoisotopic (exact) mass is 618 g/mol. The fourth-order valence-electron chi connectivity index (χ4n) is 6.74. The minimum absolute atomic E-state index is 0.633. The van der Waals surface area contributed by atoms with Crippen LogP contribution in [0.15, 0.2) is 168 Å². The molecule has 5 heteroatoms. The summed E-state index contributed by atoms with van der Waals surface area (Å²) in [5, 5.41) is 2.28. The van der Waals surface area contributed by atoms with Gasteiger partial charge in [-0.3, -0.25) is 4.98 Å². The van der Waals surface area contributed by atoms with E-state index in [1.54, 1.807) is 0 Å². The number of hydrogen-bond donors (Lipinski definition) is 0.